The van der Waals surface area contributed by atoms with Crippen LogP contribution in [0.25, 0.3) is 0 Å². The summed E-state index contributed by atoms with van der Waals surface area (Å²) in [5.41, 5.74) is 8.09. The van der Waals surface area contributed by atoms with Crippen LogP contribution in [-0.2, 0) is 47.5 Å². The average molecular weight is 804 g/mol. The van der Waals surface area contributed by atoms with Crippen molar-refractivity contribution in [2.45, 2.75) is 165 Å². The zero-order valence-electron chi connectivity index (χ0n) is 34.7. The molecule has 314 valence electrons. The fourth-order valence-corrected chi connectivity index (χ4v) is 12.2. The predicted molar refractivity (Wildman–Crippen MR) is 210 cm³/mol. The van der Waals surface area contributed by atoms with Crippen LogP contribution < -0.4 is 5.73 Å². The number of allylic oxidation sites excluding steroid dienone is 2. The topological polar surface area (TPSA) is 150 Å². The lowest BCUT2D eigenvalue weighted by Crippen LogP contribution is -2.59. The molecule has 3 saturated heterocycles. The Morgan fingerprint density at radius 3 is 2.34 bits per heavy atom. The van der Waals surface area contributed by atoms with E-state index >= 15 is 0 Å². The summed E-state index contributed by atoms with van der Waals surface area (Å²) in [6.45, 7) is 8.12. The largest absolute Gasteiger partial charge is 0.462 e. The Balaban J connectivity index is 1.18. The Labute approximate surface area is 336 Å². The number of ketones is 1. The molecule has 2 N–H and O–H groups in total. The standard InChI is InChI=1S/C42H65N3O10S/c1-10-23-12-11-13-31(55-33-15-14-30(45(5)6)21(3)51-33)20(2)36(47)28-18-26-25-16-24(54-41-39(50-9)38(49-8)37(48-7)22(4)52-41)17-29(25)40-35(44-42(43)56-40)34(26)27(28)19-32(46)53-23/h18,20-27,29-31,33-34,37-39,41H,10-17,19H2,1-9H3,(H2,43,44)/t20-,21?,22?,23+,24+,25+,26+,27-,29-,30+,31+,33+,34-,37+,38?,39+,41+/m1/s1. The van der Waals surface area contributed by atoms with Crippen molar-refractivity contribution in [3.8, 4) is 0 Å². The number of anilines is 1. The van der Waals surface area contributed by atoms with Crippen LogP contribution in [0.3, 0.4) is 0 Å². The first-order chi connectivity index (χ1) is 26.9. The molecule has 56 heavy (non-hydrogen) atoms. The number of thiazole rings is 1. The summed E-state index contributed by atoms with van der Waals surface area (Å²) in [7, 11) is 9.11. The number of ether oxygens (including phenoxy) is 8. The lowest BCUT2D eigenvalue weighted by Gasteiger charge is -2.44. The SMILES string of the molecule is CC[C@H]1CCC[C@H](O[C@H]2CC[C@H](N(C)C)C(C)O2)[C@@H](C)C(=O)C2=C[C@H]3[C@@H]4C[C@H](O[C@@H]5OC(C)[C@H](OC)C(OC)[C@@H]5OC)C[C@H]4c4sc(N)nc4[C@H]3[C@@H]2CC(=O)O1. The van der Waals surface area contributed by atoms with Crippen LogP contribution in [0.4, 0.5) is 5.13 Å². The van der Waals surface area contributed by atoms with Gasteiger partial charge in [-0.05, 0) is 96.7 Å². The van der Waals surface area contributed by atoms with Gasteiger partial charge in [-0.25, -0.2) is 4.98 Å². The van der Waals surface area contributed by atoms with Crippen LogP contribution in [0.1, 0.15) is 108 Å². The summed E-state index contributed by atoms with van der Waals surface area (Å²) in [5.74, 6) is -0.978. The molecule has 14 heteroatoms. The van der Waals surface area contributed by atoms with E-state index in [2.05, 4.69) is 38.9 Å². The van der Waals surface area contributed by atoms with Gasteiger partial charge in [0.25, 0.3) is 0 Å². The van der Waals surface area contributed by atoms with E-state index in [1.165, 1.54) is 11.3 Å². The van der Waals surface area contributed by atoms with Crippen LogP contribution >= 0.6 is 11.3 Å². The van der Waals surface area contributed by atoms with Gasteiger partial charge < -0.3 is 48.5 Å². The Morgan fingerprint density at radius 2 is 1.66 bits per heavy atom. The summed E-state index contributed by atoms with van der Waals surface area (Å²) in [6, 6.07) is 0.317. The minimum atomic E-state index is -0.652. The van der Waals surface area contributed by atoms with E-state index in [9.17, 15) is 9.59 Å². The van der Waals surface area contributed by atoms with Crippen molar-refractivity contribution in [2.24, 2.45) is 23.7 Å². The fraction of sp³-hybridized carbons (Fsp3) is 0.833. The monoisotopic (exact) mass is 803 g/mol. The summed E-state index contributed by atoms with van der Waals surface area (Å²) >= 11 is 1.52. The highest BCUT2D eigenvalue weighted by molar-refractivity contribution is 7.15. The van der Waals surface area contributed by atoms with Crippen molar-refractivity contribution >= 4 is 28.2 Å². The van der Waals surface area contributed by atoms with Crippen LogP contribution in [0.2, 0.25) is 0 Å². The number of nitrogens with zero attached hydrogens (tertiary/aromatic N) is 2. The molecule has 4 fully saturated rings. The molecule has 13 nitrogen and oxygen atoms in total. The number of aromatic nitrogens is 1. The number of likely N-dealkylation sites (N-methyl/N-ethyl adjacent to an activating group) is 1. The van der Waals surface area contributed by atoms with Crippen molar-refractivity contribution in [1.29, 1.82) is 0 Å². The zero-order valence-corrected chi connectivity index (χ0v) is 35.5. The minimum absolute atomic E-state index is 0.0129. The highest BCUT2D eigenvalue weighted by atomic mass is 32.1. The molecule has 6 aliphatic rings. The fourth-order valence-electron chi connectivity index (χ4n) is 11.1. The maximum Gasteiger partial charge on any atom is 0.306 e. The van der Waals surface area contributed by atoms with Gasteiger partial charge >= 0.3 is 5.97 Å². The molecule has 3 aliphatic carbocycles. The van der Waals surface area contributed by atoms with E-state index in [-0.39, 0.29) is 96.8 Å². The van der Waals surface area contributed by atoms with Crippen LogP contribution in [0.5, 0.6) is 0 Å². The van der Waals surface area contributed by atoms with Crippen LogP contribution in [-0.4, -0.2) is 125 Å². The first-order valence-electron chi connectivity index (χ1n) is 20.9. The second-order valence-electron chi connectivity index (χ2n) is 17.3. The lowest BCUT2D eigenvalue weighted by molar-refractivity contribution is -0.314. The van der Waals surface area contributed by atoms with Crippen molar-refractivity contribution in [2.75, 3.05) is 41.2 Å². The van der Waals surface area contributed by atoms with E-state index in [0.29, 0.717) is 23.2 Å². The maximum absolute atomic E-state index is 15.0. The first-order valence-corrected chi connectivity index (χ1v) is 21.8. The highest BCUT2D eigenvalue weighted by Crippen LogP contribution is 2.62. The Hall–Kier alpha value is -2.01. The molecule has 0 spiro atoms. The van der Waals surface area contributed by atoms with Gasteiger partial charge in [-0.15, -0.1) is 11.3 Å². The molecule has 1 saturated carbocycles. The quantitative estimate of drug-likeness (QED) is 0.309. The average Bonchev–Trinajstić information content (AvgIpc) is 3.87. The van der Waals surface area contributed by atoms with Crippen molar-refractivity contribution in [3.05, 3.63) is 22.2 Å². The predicted octanol–water partition coefficient (Wildman–Crippen LogP) is 5.60. The molecule has 0 bridgehead atoms. The molecule has 4 heterocycles. The number of nitrogens with two attached hydrogens (primary N) is 1. The smallest absolute Gasteiger partial charge is 0.306 e. The number of esters is 1. The molecular weight excluding hydrogens is 739 g/mol. The van der Waals surface area contributed by atoms with Gasteiger partial charge in [-0.2, -0.15) is 0 Å². The number of carbonyl (C=O) groups excluding carboxylic acids is 2. The van der Waals surface area contributed by atoms with Gasteiger partial charge in [0.15, 0.2) is 23.5 Å². The molecule has 1 aromatic heterocycles. The summed E-state index contributed by atoms with van der Waals surface area (Å²) in [4.78, 5) is 37.0. The van der Waals surface area contributed by atoms with Crippen LogP contribution in [0.15, 0.2) is 11.6 Å². The van der Waals surface area contributed by atoms with Crippen molar-refractivity contribution < 1.29 is 47.5 Å². The lowest BCUT2D eigenvalue weighted by atomic mass is 9.67. The van der Waals surface area contributed by atoms with Gasteiger partial charge in [0.05, 0.1) is 36.5 Å². The molecule has 0 aromatic carbocycles. The molecule has 1 aromatic rings. The third-order valence-electron chi connectivity index (χ3n) is 13.9. The zero-order chi connectivity index (χ0) is 40.0. The number of rotatable bonds is 9. The number of hydrogen-bond donors (Lipinski definition) is 1. The Bertz CT molecular complexity index is 1570. The first kappa shape index (κ1) is 42.1. The molecule has 0 amide bonds. The number of hydrogen-bond acceptors (Lipinski definition) is 14. The second kappa shape index (κ2) is 17.7. The molecule has 17 atom stereocenters. The third kappa shape index (κ3) is 8.12. The molecule has 7 rings (SSSR count). The molecule has 0 radical (unpaired) electrons. The van der Waals surface area contributed by atoms with Gasteiger partial charge in [0, 0.05) is 55.9 Å². The third-order valence-corrected chi connectivity index (χ3v) is 14.9. The van der Waals surface area contributed by atoms with E-state index in [1.54, 1.807) is 21.3 Å². The summed E-state index contributed by atoms with van der Waals surface area (Å²) < 4.78 is 50.0. The van der Waals surface area contributed by atoms with Crippen molar-refractivity contribution in [3.63, 3.8) is 0 Å². The highest BCUT2D eigenvalue weighted by Gasteiger charge is 2.57. The Morgan fingerprint density at radius 1 is 0.911 bits per heavy atom. The number of methoxy groups -OCH3 is 3. The maximum atomic E-state index is 15.0. The van der Waals surface area contributed by atoms with E-state index in [1.807, 2.05) is 13.8 Å². The van der Waals surface area contributed by atoms with Gasteiger partial charge in [0.1, 0.15) is 24.4 Å². The van der Waals surface area contributed by atoms with Gasteiger partial charge in [0.2, 0.25) is 0 Å². The van der Waals surface area contributed by atoms with E-state index < -0.39 is 18.3 Å². The number of carbonyl (C=O) groups is 2. The number of Topliss-reactive ketones (excluding diaryl/α,β-unsaturated/α-hetero) is 1. The van der Waals surface area contributed by atoms with Crippen molar-refractivity contribution in [1.82, 2.24) is 9.88 Å². The van der Waals surface area contributed by atoms with E-state index in [0.717, 1.165) is 55.5 Å². The van der Waals surface area contributed by atoms with Gasteiger partial charge in [-0.1, -0.05) is 19.9 Å². The van der Waals surface area contributed by atoms with Gasteiger partial charge in [-0.3, -0.25) is 9.59 Å². The minimum Gasteiger partial charge on any atom is -0.462 e. The second-order valence-corrected chi connectivity index (χ2v) is 18.4. The summed E-state index contributed by atoms with van der Waals surface area (Å²) in [5, 5.41) is 0.498. The van der Waals surface area contributed by atoms with Crippen LogP contribution in [0, 0.1) is 23.7 Å². The number of fused-ring (bicyclic) bond motifs is 8. The Kier molecular flexibility index (Phi) is 13.3. The normalized spacial score (nSPS) is 43.2. The number of cyclic esters (lactones) is 1. The molecule has 3 aliphatic heterocycles. The molecule has 3 unspecified atom stereocenters. The number of nitrogen functional groups attached to an aromatic ring is 1. The molecular formula is C42H65N3O10S. The summed E-state index contributed by atoms with van der Waals surface area (Å²) in [6.07, 6.45) is 5.29. The van der Waals surface area contributed by atoms with E-state index in [4.69, 9.17) is 48.6 Å².